The lowest BCUT2D eigenvalue weighted by Gasteiger charge is -2.46. The van der Waals surface area contributed by atoms with E-state index < -0.39 is 23.6 Å². The molecule has 3 saturated heterocycles. The summed E-state index contributed by atoms with van der Waals surface area (Å²) in [6.07, 6.45) is -0.722. The average molecular weight is 449 g/mol. The zero-order chi connectivity index (χ0) is 22.0. The van der Waals surface area contributed by atoms with Gasteiger partial charge in [0.1, 0.15) is 23.8 Å². The van der Waals surface area contributed by atoms with Gasteiger partial charge in [-0.25, -0.2) is 4.39 Å². The van der Waals surface area contributed by atoms with Gasteiger partial charge in [0, 0.05) is 30.4 Å². The molecular weight excluding hydrogens is 427 g/mol. The number of halogens is 2. The molecule has 8 nitrogen and oxygen atoms in total. The van der Waals surface area contributed by atoms with Crippen molar-refractivity contribution in [2.45, 2.75) is 50.7 Å². The molecule has 0 radical (unpaired) electrons. The summed E-state index contributed by atoms with van der Waals surface area (Å²) < 4.78 is 14.2. The van der Waals surface area contributed by atoms with Gasteiger partial charge in [-0.05, 0) is 25.8 Å². The van der Waals surface area contributed by atoms with Gasteiger partial charge in [-0.15, -0.1) is 0 Å². The third kappa shape index (κ3) is 2.87. The smallest absolute Gasteiger partial charge is 0.275 e. The number of rotatable bonds is 3. The Morgan fingerprint density at radius 2 is 2.19 bits per heavy atom. The van der Waals surface area contributed by atoms with Gasteiger partial charge in [-0.2, -0.15) is 0 Å². The van der Waals surface area contributed by atoms with E-state index in [0.29, 0.717) is 25.1 Å². The van der Waals surface area contributed by atoms with Gasteiger partial charge < -0.3 is 25.3 Å². The maximum Gasteiger partial charge on any atom is 0.275 e. The molecule has 1 aromatic carbocycles. The number of aliphatic hydroxyl groups is 2. The minimum Gasteiger partial charge on any atom is -0.507 e. The fourth-order valence-electron chi connectivity index (χ4n) is 5.10. The van der Waals surface area contributed by atoms with E-state index in [-0.39, 0.29) is 52.6 Å². The predicted molar refractivity (Wildman–Crippen MR) is 109 cm³/mol. The molecule has 1 aromatic rings. The summed E-state index contributed by atoms with van der Waals surface area (Å²) in [6.45, 7) is 2.43. The third-order valence-corrected chi connectivity index (χ3v) is 6.83. The molecule has 0 saturated carbocycles. The summed E-state index contributed by atoms with van der Waals surface area (Å²) in [6, 6.07) is 4.31. The summed E-state index contributed by atoms with van der Waals surface area (Å²) in [5.74, 6) is -2.15. The quantitative estimate of drug-likeness (QED) is 0.552. The van der Waals surface area contributed by atoms with Crippen LogP contribution in [-0.2, 0) is 16.1 Å². The van der Waals surface area contributed by atoms with Gasteiger partial charge >= 0.3 is 0 Å². The molecule has 0 spiro atoms. The number of fused-ring (bicyclic) bond motifs is 2. The van der Waals surface area contributed by atoms with Crippen molar-refractivity contribution >= 4 is 23.4 Å². The molecule has 3 unspecified atom stereocenters. The minimum absolute atomic E-state index is 0.0153. The first-order chi connectivity index (χ1) is 14.8. The standard InChI is InChI=1S/C21H22ClFN4O4/c1-9-7-24-19-13-6-5-12-14(17(28)18(29)16(27(12)13)21(31)26(9)19)20(30)25-8-10-3-2-4-11(22)15(10)23/h2-4,9,13,17,19,24,28-29H,5-8H2,1H3,(H,25,30)/t9-,13?,17?,19?/m0/s1. The summed E-state index contributed by atoms with van der Waals surface area (Å²) in [5, 5.41) is 27.4. The van der Waals surface area contributed by atoms with Crippen molar-refractivity contribution in [3.8, 4) is 0 Å². The Bertz CT molecular complexity index is 1060. The number of nitrogens with one attached hydrogen (secondary N) is 2. The zero-order valence-electron chi connectivity index (χ0n) is 16.7. The van der Waals surface area contributed by atoms with E-state index in [0.717, 1.165) is 0 Å². The molecule has 0 aromatic heterocycles. The molecule has 10 heteroatoms. The van der Waals surface area contributed by atoms with Crippen LogP contribution in [0.5, 0.6) is 0 Å². The number of benzene rings is 1. The van der Waals surface area contributed by atoms with Crippen molar-refractivity contribution in [1.82, 2.24) is 20.4 Å². The summed E-state index contributed by atoms with van der Waals surface area (Å²) in [4.78, 5) is 29.5. The monoisotopic (exact) mass is 448 g/mol. The number of carbonyl (C=O) groups is 2. The van der Waals surface area contributed by atoms with Crippen molar-refractivity contribution in [1.29, 1.82) is 0 Å². The summed E-state index contributed by atoms with van der Waals surface area (Å²) in [7, 11) is 0. The van der Waals surface area contributed by atoms with Gasteiger partial charge in [-0.1, -0.05) is 23.7 Å². The Labute approximate surface area is 183 Å². The van der Waals surface area contributed by atoms with Gasteiger partial charge in [0.05, 0.1) is 16.6 Å². The van der Waals surface area contributed by atoms with E-state index in [1.807, 2.05) is 6.92 Å². The number of amides is 2. The number of hydrogen-bond donors (Lipinski definition) is 4. The Morgan fingerprint density at radius 1 is 1.42 bits per heavy atom. The Kier molecular flexibility index (Phi) is 4.72. The lowest BCUT2D eigenvalue weighted by Crippen LogP contribution is -2.61. The minimum atomic E-state index is -1.63. The molecular formula is C21H22ClFN4O4. The lowest BCUT2D eigenvalue weighted by molar-refractivity contribution is -0.137. The normalized spacial score (nSPS) is 29.5. The fraction of sp³-hybridized carbons (Fsp3) is 0.429. The van der Waals surface area contributed by atoms with E-state index in [2.05, 4.69) is 10.6 Å². The second kappa shape index (κ2) is 7.22. The highest BCUT2D eigenvalue weighted by Gasteiger charge is 2.56. The van der Waals surface area contributed by atoms with E-state index in [4.69, 9.17) is 11.6 Å². The predicted octanol–water partition coefficient (Wildman–Crippen LogP) is 1.12. The van der Waals surface area contributed by atoms with Crippen LogP contribution >= 0.6 is 11.6 Å². The molecule has 4 aliphatic heterocycles. The van der Waals surface area contributed by atoms with E-state index in [9.17, 15) is 24.2 Å². The van der Waals surface area contributed by atoms with Crippen LogP contribution in [0.1, 0.15) is 25.3 Å². The molecule has 5 rings (SSSR count). The van der Waals surface area contributed by atoms with Crippen molar-refractivity contribution in [3.05, 3.63) is 57.3 Å². The molecule has 0 aliphatic carbocycles. The van der Waals surface area contributed by atoms with E-state index >= 15 is 0 Å². The van der Waals surface area contributed by atoms with Gasteiger partial charge in [0.25, 0.3) is 11.8 Å². The highest BCUT2D eigenvalue weighted by molar-refractivity contribution is 6.30. The first-order valence-electron chi connectivity index (χ1n) is 10.2. The van der Waals surface area contributed by atoms with Crippen LogP contribution in [0.4, 0.5) is 4.39 Å². The number of aliphatic hydroxyl groups excluding tert-OH is 2. The van der Waals surface area contributed by atoms with Crippen molar-refractivity contribution < 1.29 is 24.2 Å². The molecule has 3 fully saturated rings. The van der Waals surface area contributed by atoms with Gasteiger partial charge in [0.2, 0.25) is 0 Å². The molecule has 0 bridgehead atoms. The van der Waals surface area contributed by atoms with E-state index in [1.165, 1.54) is 12.1 Å². The van der Waals surface area contributed by atoms with Gasteiger partial charge in [-0.3, -0.25) is 14.9 Å². The number of nitrogens with zero attached hydrogens (tertiary/aromatic N) is 2. The highest BCUT2D eigenvalue weighted by Crippen LogP contribution is 2.46. The number of allylic oxidation sites excluding steroid dienone is 1. The molecule has 4 aliphatic rings. The fourth-order valence-corrected chi connectivity index (χ4v) is 5.30. The van der Waals surface area contributed by atoms with Crippen LogP contribution in [0.3, 0.4) is 0 Å². The van der Waals surface area contributed by atoms with E-state index in [1.54, 1.807) is 15.9 Å². The Hall–Kier alpha value is -2.62. The van der Waals surface area contributed by atoms with Crippen molar-refractivity contribution in [2.24, 2.45) is 0 Å². The third-order valence-electron chi connectivity index (χ3n) is 6.54. The highest BCUT2D eigenvalue weighted by atomic mass is 35.5. The molecule has 4 N–H and O–H groups in total. The number of piperazine rings is 1. The van der Waals surface area contributed by atoms with Crippen LogP contribution < -0.4 is 10.6 Å². The van der Waals surface area contributed by atoms with Gasteiger partial charge in [0.15, 0.2) is 5.76 Å². The van der Waals surface area contributed by atoms with Crippen molar-refractivity contribution in [2.75, 3.05) is 6.54 Å². The maximum atomic E-state index is 14.2. The first kappa shape index (κ1) is 20.3. The van der Waals surface area contributed by atoms with Crippen LogP contribution in [0.25, 0.3) is 0 Å². The largest absolute Gasteiger partial charge is 0.507 e. The first-order valence-corrected chi connectivity index (χ1v) is 10.6. The van der Waals surface area contributed by atoms with Crippen LogP contribution in [-0.4, -0.2) is 62.7 Å². The Morgan fingerprint density at radius 3 is 2.97 bits per heavy atom. The lowest BCUT2D eigenvalue weighted by atomic mass is 9.95. The number of hydrogen-bond acceptors (Lipinski definition) is 6. The molecule has 4 heterocycles. The summed E-state index contributed by atoms with van der Waals surface area (Å²) >= 11 is 5.79. The Balaban J connectivity index is 1.47. The zero-order valence-corrected chi connectivity index (χ0v) is 17.5. The maximum absolute atomic E-state index is 14.2. The van der Waals surface area contributed by atoms with Crippen LogP contribution in [0.15, 0.2) is 40.9 Å². The number of carbonyl (C=O) groups excluding carboxylic acids is 2. The molecule has 164 valence electrons. The molecule has 31 heavy (non-hydrogen) atoms. The molecule has 4 atom stereocenters. The second-order valence-electron chi connectivity index (χ2n) is 8.28. The molecule has 2 amide bonds. The van der Waals surface area contributed by atoms with Crippen LogP contribution in [0.2, 0.25) is 5.02 Å². The second-order valence-corrected chi connectivity index (χ2v) is 8.69. The average Bonchev–Trinajstić information content (AvgIpc) is 3.33. The SMILES string of the molecule is C[C@H]1CNC2C3CCC4=C(C(=O)NCc5cccc(Cl)c5F)C(O)C(O)=C(C(=O)N21)N43. The van der Waals surface area contributed by atoms with Crippen LogP contribution in [0, 0.1) is 5.82 Å². The van der Waals surface area contributed by atoms with Crippen molar-refractivity contribution in [3.63, 3.8) is 0 Å². The summed E-state index contributed by atoms with van der Waals surface area (Å²) in [5.41, 5.74) is 0.742. The topological polar surface area (TPSA) is 105 Å².